The van der Waals surface area contributed by atoms with Crippen LogP contribution < -0.4 is 11.1 Å². The molecule has 3 N–H and O–H groups in total. The average Bonchev–Trinajstić information content (AvgIpc) is 2.36. The van der Waals surface area contributed by atoms with Gasteiger partial charge in [-0.1, -0.05) is 0 Å². The highest BCUT2D eigenvalue weighted by Gasteiger charge is 2.37. The van der Waals surface area contributed by atoms with Crippen molar-refractivity contribution in [2.75, 3.05) is 31.1 Å². The van der Waals surface area contributed by atoms with E-state index < -0.39 is 21.3 Å². The van der Waals surface area contributed by atoms with E-state index in [2.05, 4.69) is 5.32 Å². The Morgan fingerprint density at radius 3 is 2.53 bits per heavy atom. The summed E-state index contributed by atoms with van der Waals surface area (Å²) in [6.07, 6.45) is 0. The number of alkyl halides is 1. The first kappa shape index (κ1) is 13.1. The third-order valence-corrected chi connectivity index (χ3v) is 5.36. The predicted octanol–water partition coefficient (Wildman–Crippen LogP) is -1.85. The zero-order valence-corrected chi connectivity index (χ0v) is 10.9. The molecule has 0 radical (unpaired) electrons. The number of carbonyl (C=O) groups is 1. The van der Waals surface area contributed by atoms with E-state index in [1.807, 2.05) is 4.90 Å². The lowest BCUT2D eigenvalue weighted by Crippen LogP contribution is -2.58. The van der Waals surface area contributed by atoms with Crippen LogP contribution in [0.4, 0.5) is 0 Å². The van der Waals surface area contributed by atoms with Crippen LogP contribution in [-0.2, 0) is 14.6 Å². The Balaban J connectivity index is 1.79. The van der Waals surface area contributed by atoms with Crippen LogP contribution in [0, 0.1) is 0 Å². The topological polar surface area (TPSA) is 92.5 Å². The van der Waals surface area contributed by atoms with E-state index in [-0.39, 0.29) is 30.0 Å². The molecule has 0 saturated carbocycles. The maximum atomic E-state index is 11.6. The Bertz CT molecular complexity index is 408. The van der Waals surface area contributed by atoms with Crippen LogP contribution in [0.1, 0.15) is 0 Å². The van der Waals surface area contributed by atoms with Gasteiger partial charge < -0.3 is 11.1 Å². The summed E-state index contributed by atoms with van der Waals surface area (Å²) in [5.41, 5.74) is 5.59. The molecule has 2 aliphatic heterocycles. The first-order valence-corrected chi connectivity index (χ1v) is 7.73. The molecule has 2 rings (SSSR count). The highest BCUT2D eigenvalue weighted by atomic mass is 35.5. The van der Waals surface area contributed by atoms with Crippen molar-refractivity contribution in [2.45, 2.75) is 17.5 Å². The minimum atomic E-state index is -3.10. The molecular formula is C9H16ClN3O3S. The van der Waals surface area contributed by atoms with Crippen molar-refractivity contribution in [1.29, 1.82) is 0 Å². The van der Waals surface area contributed by atoms with Crippen molar-refractivity contribution in [3.63, 3.8) is 0 Å². The Morgan fingerprint density at radius 2 is 2.06 bits per heavy atom. The molecule has 98 valence electrons. The van der Waals surface area contributed by atoms with Crippen molar-refractivity contribution >= 4 is 27.3 Å². The lowest BCUT2D eigenvalue weighted by molar-refractivity contribution is -0.123. The van der Waals surface area contributed by atoms with E-state index in [4.69, 9.17) is 17.3 Å². The monoisotopic (exact) mass is 281 g/mol. The number of hydrogen-bond acceptors (Lipinski definition) is 5. The fourth-order valence-corrected chi connectivity index (χ4v) is 4.68. The molecule has 2 atom stereocenters. The van der Waals surface area contributed by atoms with Crippen LogP contribution in [0.2, 0.25) is 0 Å². The molecule has 2 heterocycles. The number of hydrogen-bond donors (Lipinski definition) is 2. The molecule has 2 saturated heterocycles. The number of halogens is 1. The largest absolute Gasteiger partial charge is 0.350 e. The number of likely N-dealkylation sites (tertiary alicyclic amines) is 1. The zero-order valence-electron chi connectivity index (χ0n) is 9.30. The maximum Gasteiger partial charge on any atom is 0.234 e. The van der Waals surface area contributed by atoms with Crippen LogP contribution in [0.25, 0.3) is 0 Å². The molecule has 0 bridgehead atoms. The van der Waals surface area contributed by atoms with Crippen LogP contribution in [-0.4, -0.2) is 67.8 Å². The molecule has 0 aromatic rings. The molecule has 0 spiro atoms. The van der Waals surface area contributed by atoms with Gasteiger partial charge in [-0.25, -0.2) is 8.42 Å². The highest BCUT2D eigenvalue weighted by molar-refractivity contribution is 7.91. The van der Waals surface area contributed by atoms with E-state index in [9.17, 15) is 13.2 Å². The van der Waals surface area contributed by atoms with Crippen molar-refractivity contribution < 1.29 is 13.2 Å². The molecule has 0 aromatic carbocycles. The smallest absolute Gasteiger partial charge is 0.234 e. The molecule has 1 amide bonds. The predicted molar refractivity (Wildman–Crippen MR) is 64.6 cm³/mol. The highest BCUT2D eigenvalue weighted by Crippen LogP contribution is 2.18. The molecule has 0 aromatic heterocycles. The molecule has 2 aliphatic rings. The lowest BCUT2D eigenvalue weighted by Gasteiger charge is -2.36. The summed E-state index contributed by atoms with van der Waals surface area (Å²) in [6.45, 7) is 1.68. The molecular weight excluding hydrogens is 266 g/mol. The van der Waals surface area contributed by atoms with Gasteiger partial charge in [-0.05, 0) is 0 Å². The molecule has 2 fully saturated rings. The third kappa shape index (κ3) is 3.31. The Kier molecular flexibility index (Phi) is 3.63. The molecule has 17 heavy (non-hydrogen) atoms. The Morgan fingerprint density at radius 1 is 1.41 bits per heavy atom. The minimum absolute atomic E-state index is 0.0614. The summed E-state index contributed by atoms with van der Waals surface area (Å²) in [5, 5.41) is 2.14. The van der Waals surface area contributed by atoms with Gasteiger partial charge in [0.25, 0.3) is 0 Å². The van der Waals surface area contributed by atoms with E-state index in [0.717, 1.165) is 0 Å². The van der Waals surface area contributed by atoms with Crippen molar-refractivity contribution in [3.05, 3.63) is 0 Å². The third-order valence-electron chi connectivity index (χ3n) is 2.98. The fourth-order valence-electron chi connectivity index (χ4n) is 2.13. The standard InChI is InChI=1S/C9H16ClN3O3S/c10-7-4-17(15,16)5-8(7)12-9(14)3-13-1-6(11)2-13/h6-8H,1-5,11H2,(H,12,14). The molecule has 2 unspecified atom stereocenters. The lowest BCUT2D eigenvalue weighted by atomic mass is 10.1. The van der Waals surface area contributed by atoms with Crippen molar-refractivity contribution in [1.82, 2.24) is 10.2 Å². The van der Waals surface area contributed by atoms with Crippen LogP contribution >= 0.6 is 11.6 Å². The molecule has 6 nitrogen and oxygen atoms in total. The summed E-state index contributed by atoms with van der Waals surface area (Å²) in [6, 6.07) is -0.320. The minimum Gasteiger partial charge on any atom is -0.350 e. The summed E-state index contributed by atoms with van der Waals surface area (Å²) in [4.78, 5) is 13.5. The zero-order chi connectivity index (χ0) is 12.6. The van der Waals surface area contributed by atoms with Gasteiger partial charge in [-0.2, -0.15) is 0 Å². The first-order valence-electron chi connectivity index (χ1n) is 5.47. The second-order valence-electron chi connectivity index (χ2n) is 4.72. The summed E-state index contributed by atoms with van der Waals surface area (Å²) < 4.78 is 22.6. The number of sulfone groups is 1. The second kappa shape index (κ2) is 4.72. The van der Waals surface area contributed by atoms with Gasteiger partial charge in [0.2, 0.25) is 5.91 Å². The van der Waals surface area contributed by atoms with Crippen LogP contribution in [0.5, 0.6) is 0 Å². The first-order chi connectivity index (χ1) is 7.85. The maximum absolute atomic E-state index is 11.6. The number of carbonyl (C=O) groups excluding carboxylic acids is 1. The quantitative estimate of drug-likeness (QED) is 0.593. The van der Waals surface area contributed by atoms with Gasteiger partial charge >= 0.3 is 0 Å². The van der Waals surface area contributed by atoms with Crippen molar-refractivity contribution in [2.24, 2.45) is 5.73 Å². The number of amides is 1. The Hall–Kier alpha value is -0.370. The summed E-state index contributed by atoms with van der Waals surface area (Å²) in [7, 11) is -3.10. The van der Waals surface area contributed by atoms with Gasteiger partial charge in [0.15, 0.2) is 9.84 Å². The van der Waals surface area contributed by atoms with Gasteiger partial charge in [0, 0.05) is 19.1 Å². The van der Waals surface area contributed by atoms with Gasteiger partial charge in [0.05, 0.1) is 29.5 Å². The normalized spacial score (nSPS) is 33.3. The van der Waals surface area contributed by atoms with Crippen molar-refractivity contribution in [3.8, 4) is 0 Å². The summed E-state index contributed by atoms with van der Waals surface area (Å²) >= 11 is 5.89. The SMILES string of the molecule is NC1CN(CC(=O)NC2CS(=O)(=O)CC2Cl)C1. The van der Waals surface area contributed by atoms with E-state index in [1.54, 1.807) is 0 Å². The fraction of sp³-hybridized carbons (Fsp3) is 0.889. The van der Waals surface area contributed by atoms with E-state index >= 15 is 0 Å². The number of nitrogens with one attached hydrogen (secondary N) is 1. The number of nitrogens with zero attached hydrogens (tertiary/aromatic N) is 1. The molecule has 0 aliphatic carbocycles. The Labute approximate surface area is 105 Å². The molecule has 8 heteroatoms. The second-order valence-corrected chi connectivity index (χ2v) is 7.44. The number of nitrogens with two attached hydrogens (primary N) is 1. The van der Waals surface area contributed by atoms with Crippen LogP contribution in [0.15, 0.2) is 0 Å². The average molecular weight is 282 g/mol. The van der Waals surface area contributed by atoms with E-state index in [0.29, 0.717) is 13.1 Å². The van der Waals surface area contributed by atoms with E-state index in [1.165, 1.54) is 0 Å². The van der Waals surface area contributed by atoms with Crippen LogP contribution in [0.3, 0.4) is 0 Å². The summed E-state index contributed by atoms with van der Waals surface area (Å²) in [5.74, 6) is -0.315. The number of rotatable bonds is 3. The van der Waals surface area contributed by atoms with Gasteiger partial charge in [-0.15, -0.1) is 11.6 Å². The van der Waals surface area contributed by atoms with Gasteiger partial charge in [-0.3, -0.25) is 9.69 Å². The van der Waals surface area contributed by atoms with Gasteiger partial charge in [0.1, 0.15) is 0 Å².